The quantitative estimate of drug-likeness (QED) is 0.310. The van der Waals surface area contributed by atoms with Gasteiger partial charge in [0.25, 0.3) is 5.91 Å². The van der Waals surface area contributed by atoms with Gasteiger partial charge in [-0.2, -0.15) is 11.8 Å². The van der Waals surface area contributed by atoms with Crippen LogP contribution < -0.4 is 5.32 Å². The van der Waals surface area contributed by atoms with E-state index >= 15 is 0 Å². The maximum atomic E-state index is 13.0. The van der Waals surface area contributed by atoms with Gasteiger partial charge in [-0.25, -0.2) is 4.79 Å². The number of carbonyl (C=O) groups is 4. The van der Waals surface area contributed by atoms with Crippen LogP contribution in [0.15, 0.2) is 41.6 Å². The minimum absolute atomic E-state index is 0.170. The second kappa shape index (κ2) is 10.5. The molecule has 11 heteroatoms. The first-order chi connectivity index (χ1) is 14.8. The van der Waals surface area contributed by atoms with Crippen molar-refractivity contribution < 1.29 is 29.0 Å². The molecule has 0 bridgehead atoms. The molecule has 31 heavy (non-hydrogen) atoms. The number of β-lactam (4-membered cyclic amide) rings is 1. The molecule has 1 aromatic rings. The third-order valence-corrected chi connectivity index (χ3v) is 8.34. The number of rotatable bonds is 9. The number of esters is 1. The number of thioether (sulfide) groups is 3. The van der Waals surface area contributed by atoms with E-state index in [0.29, 0.717) is 16.4 Å². The minimum Gasteiger partial charge on any atom is -0.477 e. The molecule has 0 radical (unpaired) electrons. The van der Waals surface area contributed by atoms with E-state index in [9.17, 15) is 24.3 Å². The number of carboxylic acids is 1. The first-order valence-corrected chi connectivity index (χ1v) is 12.8. The van der Waals surface area contributed by atoms with E-state index in [2.05, 4.69) is 5.32 Å². The molecule has 3 rings (SSSR count). The van der Waals surface area contributed by atoms with Crippen molar-refractivity contribution >= 4 is 59.0 Å². The van der Waals surface area contributed by atoms with Gasteiger partial charge < -0.3 is 15.2 Å². The Bertz CT molecular complexity index is 907. The standard InChI is InChI=1S/C20H22N2O6S3/c1-11(23)28-8-13-9-30-19-14(18(25)22(19)15(13)20(26)27)21-17(24)16(31-10-29-2)12-6-4-3-5-7-12/h3-7,14,16,19H,8-10H2,1-2H3,(H,21,24)(H,26,27)/t14-,16?,19?/m0/s1. The van der Waals surface area contributed by atoms with Crippen LogP contribution in [0.3, 0.4) is 0 Å². The predicted molar refractivity (Wildman–Crippen MR) is 121 cm³/mol. The number of benzene rings is 1. The number of nitrogens with one attached hydrogen (secondary N) is 1. The molecule has 0 aromatic heterocycles. The number of hydrogen-bond donors (Lipinski definition) is 2. The van der Waals surface area contributed by atoms with Gasteiger partial charge in [0.1, 0.15) is 29.0 Å². The molecular formula is C20H22N2O6S3. The van der Waals surface area contributed by atoms with Gasteiger partial charge in [0.05, 0.1) is 0 Å². The van der Waals surface area contributed by atoms with Crippen LogP contribution in [0.4, 0.5) is 0 Å². The number of carboxylic acid groups (broad SMARTS) is 1. The normalized spacial score (nSPS) is 21.1. The Morgan fingerprint density at radius 3 is 2.65 bits per heavy atom. The zero-order valence-electron chi connectivity index (χ0n) is 16.9. The number of amides is 2. The highest BCUT2D eigenvalue weighted by molar-refractivity contribution is 8.16. The molecule has 2 amide bonds. The lowest BCUT2D eigenvalue weighted by Gasteiger charge is -2.49. The van der Waals surface area contributed by atoms with Crippen LogP contribution >= 0.6 is 35.3 Å². The largest absolute Gasteiger partial charge is 0.477 e. The van der Waals surface area contributed by atoms with Crippen molar-refractivity contribution in [3.8, 4) is 0 Å². The van der Waals surface area contributed by atoms with E-state index in [0.717, 1.165) is 5.56 Å². The number of hydrogen-bond acceptors (Lipinski definition) is 8. The van der Waals surface area contributed by atoms with Crippen LogP contribution in [0, 0.1) is 0 Å². The van der Waals surface area contributed by atoms with Gasteiger partial charge in [-0.15, -0.1) is 23.5 Å². The van der Waals surface area contributed by atoms with Crippen LogP contribution in [0.1, 0.15) is 17.7 Å². The molecule has 0 aliphatic carbocycles. The van der Waals surface area contributed by atoms with Crippen molar-refractivity contribution in [2.24, 2.45) is 0 Å². The van der Waals surface area contributed by atoms with Gasteiger partial charge in [0.2, 0.25) is 5.91 Å². The van der Waals surface area contributed by atoms with Gasteiger partial charge in [-0.05, 0) is 11.8 Å². The number of ether oxygens (including phenoxy) is 1. The average molecular weight is 483 g/mol. The Morgan fingerprint density at radius 1 is 1.32 bits per heavy atom. The molecule has 8 nitrogen and oxygen atoms in total. The predicted octanol–water partition coefficient (Wildman–Crippen LogP) is 2.08. The van der Waals surface area contributed by atoms with Crippen molar-refractivity contribution in [2.45, 2.75) is 23.6 Å². The molecule has 0 spiro atoms. The smallest absolute Gasteiger partial charge is 0.352 e. The van der Waals surface area contributed by atoms with E-state index in [-0.39, 0.29) is 18.2 Å². The summed E-state index contributed by atoms with van der Waals surface area (Å²) >= 11 is 4.42. The van der Waals surface area contributed by atoms with Gasteiger partial charge >= 0.3 is 11.9 Å². The van der Waals surface area contributed by atoms with Crippen LogP contribution in [-0.2, 0) is 23.9 Å². The lowest BCUT2D eigenvalue weighted by atomic mass is 10.0. The highest BCUT2D eigenvalue weighted by atomic mass is 32.2. The average Bonchev–Trinajstić information content (AvgIpc) is 2.76. The Labute approximate surface area is 192 Å². The zero-order chi connectivity index (χ0) is 22.5. The summed E-state index contributed by atoms with van der Waals surface area (Å²) in [5.74, 6) is -2.26. The number of fused-ring (bicyclic) bond motifs is 1. The molecule has 1 fully saturated rings. The molecule has 166 valence electrons. The molecular weight excluding hydrogens is 460 g/mol. The van der Waals surface area contributed by atoms with Crippen LogP contribution in [-0.4, -0.2) is 68.9 Å². The zero-order valence-corrected chi connectivity index (χ0v) is 19.4. The fourth-order valence-electron chi connectivity index (χ4n) is 3.30. The third-order valence-electron chi connectivity index (χ3n) is 4.69. The SMILES string of the molecule is CSCSC(C(=O)N[C@H]1C(=O)N2C(C(=O)O)=C(COC(C)=O)CSC12)c1ccccc1. The molecule has 0 saturated carbocycles. The Kier molecular flexibility index (Phi) is 7.95. The summed E-state index contributed by atoms with van der Waals surface area (Å²) in [6.45, 7) is 1.05. The topological polar surface area (TPSA) is 113 Å². The first-order valence-electron chi connectivity index (χ1n) is 9.34. The fraction of sp³-hybridized carbons (Fsp3) is 0.400. The lowest BCUT2D eigenvalue weighted by Crippen LogP contribution is -2.70. The number of nitrogens with zero attached hydrogens (tertiary/aromatic N) is 1. The summed E-state index contributed by atoms with van der Waals surface area (Å²) in [6.07, 6.45) is 1.95. The number of aliphatic carboxylic acids is 1. The maximum Gasteiger partial charge on any atom is 0.352 e. The van der Waals surface area contributed by atoms with Crippen LogP contribution in [0.2, 0.25) is 0 Å². The molecule has 2 aliphatic heterocycles. The van der Waals surface area contributed by atoms with Gasteiger partial charge in [-0.1, -0.05) is 30.3 Å². The van der Waals surface area contributed by atoms with E-state index < -0.39 is 34.5 Å². The van der Waals surface area contributed by atoms with E-state index in [1.165, 1.54) is 35.3 Å². The highest BCUT2D eigenvalue weighted by Gasteiger charge is 2.54. The van der Waals surface area contributed by atoms with E-state index in [1.54, 1.807) is 11.8 Å². The van der Waals surface area contributed by atoms with Crippen molar-refractivity contribution in [1.82, 2.24) is 10.2 Å². The molecule has 1 aromatic carbocycles. The van der Waals surface area contributed by atoms with Gasteiger partial charge in [-0.3, -0.25) is 19.3 Å². The van der Waals surface area contributed by atoms with Gasteiger partial charge in [0.15, 0.2) is 0 Å². The minimum atomic E-state index is -1.26. The fourth-order valence-corrected chi connectivity index (χ4v) is 6.28. The van der Waals surface area contributed by atoms with Crippen molar-refractivity contribution in [3.63, 3.8) is 0 Å². The first kappa shape index (κ1) is 23.6. The van der Waals surface area contributed by atoms with Gasteiger partial charge in [0, 0.05) is 23.3 Å². The summed E-state index contributed by atoms with van der Waals surface area (Å²) in [6, 6.07) is 8.52. The lowest BCUT2D eigenvalue weighted by molar-refractivity contribution is -0.151. The molecule has 2 aliphatic rings. The highest BCUT2D eigenvalue weighted by Crippen LogP contribution is 2.41. The second-order valence-corrected chi connectivity index (χ2v) is 10.2. The summed E-state index contributed by atoms with van der Waals surface area (Å²) in [4.78, 5) is 49.9. The Hall–Kier alpha value is -2.11. The molecule has 1 saturated heterocycles. The van der Waals surface area contributed by atoms with Crippen LogP contribution in [0.5, 0.6) is 0 Å². The molecule has 2 N–H and O–H groups in total. The maximum absolute atomic E-state index is 13.0. The van der Waals surface area contributed by atoms with Crippen molar-refractivity contribution in [3.05, 3.63) is 47.2 Å². The molecule has 3 atom stereocenters. The summed E-state index contributed by atoms with van der Waals surface area (Å²) in [5.41, 5.74) is 1.03. The van der Waals surface area contributed by atoms with Crippen molar-refractivity contribution in [2.75, 3.05) is 23.7 Å². The van der Waals surface area contributed by atoms with Crippen LogP contribution in [0.25, 0.3) is 0 Å². The van der Waals surface area contributed by atoms with E-state index in [4.69, 9.17) is 4.74 Å². The molecule has 2 heterocycles. The monoisotopic (exact) mass is 482 g/mol. The summed E-state index contributed by atoms with van der Waals surface area (Å²) < 4.78 is 4.93. The Balaban J connectivity index is 1.74. The number of carbonyl (C=O) groups excluding carboxylic acids is 3. The summed E-state index contributed by atoms with van der Waals surface area (Å²) in [7, 11) is 0. The summed E-state index contributed by atoms with van der Waals surface area (Å²) in [5, 5.41) is 12.2. The third kappa shape index (κ3) is 5.21. The second-order valence-electron chi connectivity index (χ2n) is 6.80. The van der Waals surface area contributed by atoms with E-state index in [1.807, 2.05) is 36.6 Å². The van der Waals surface area contributed by atoms with Crippen molar-refractivity contribution in [1.29, 1.82) is 0 Å². The molecule has 2 unspecified atom stereocenters. The Morgan fingerprint density at radius 2 is 2.03 bits per heavy atom.